The number of pyridine rings is 1. The Hall–Kier alpha value is -1.45. The van der Waals surface area contributed by atoms with Crippen LogP contribution in [0.4, 0.5) is 17.2 Å². The van der Waals surface area contributed by atoms with Gasteiger partial charge in [0.15, 0.2) is 0 Å². The predicted octanol–water partition coefficient (Wildman–Crippen LogP) is 3.71. The van der Waals surface area contributed by atoms with Crippen LogP contribution in [0.25, 0.3) is 0 Å². The molecule has 0 fully saturated rings. The first-order chi connectivity index (χ1) is 7.63. The summed E-state index contributed by atoms with van der Waals surface area (Å²) in [7, 11) is 0. The van der Waals surface area contributed by atoms with E-state index in [4.69, 9.17) is 28.9 Å². The van der Waals surface area contributed by atoms with E-state index in [9.17, 15) is 0 Å². The fraction of sp³-hybridized carbons (Fsp3) is 0. The van der Waals surface area contributed by atoms with Gasteiger partial charge in [-0.1, -0.05) is 23.2 Å². The lowest BCUT2D eigenvalue weighted by atomic mass is 10.3. The maximum Gasteiger partial charge on any atom is 0.132 e. The lowest BCUT2D eigenvalue weighted by molar-refractivity contribution is 1.31. The molecule has 2 aromatic rings. The summed E-state index contributed by atoms with van der Waals surface area (Å²) in [6.45, 7) is 0. The number of halogens is 2. The van der Waals surface area contributed by atoms with Gasteiger partial charge in [-0.3, -0.25) is 0 Å². The van der Waals surface area contributed by atoms with Gasteiger partial charge in [-0.05, 0) is 24.3 Å². The minimum atomic E-state index is 0.568. The quantitative estimate of drug-likeness (QED) is 0.858. The van der Waals surface area contributed by atoms with Crippen molar-refractivity contribution < 1.29 is 0 Å². The summed E-state index contributed by atoms with van der Waals surface area (Å²) in [5.74, 6) is 0.651. The maximum atomic E-state index is 5.88. The third kappa shape index (κ3) is 2.78. The number of hydrogen-bond donors (Lipinski definition) is 2. The smallest absolute Gasteiger partial charge is 0.132 e. The molecule has 3 nitrogen and oxygen atoms in total. The normalized spacial score (nSPS) is 10.1. The first kappa shape index (κ1) is 11.0. The summed E-state index contributed by atoms with van der Waals surface area (Å²) < 4.78 is 0. The highest BCUT2D eigenvalue weighted by molar-refractivity contribution is 6.35. The molecular weight excluding hydrogens is 245 g/mol. The fourth-order valence-corrected chi connectivity index (χ4v) is 1.82. The Bertz CT molecular complexity index is 494. The molecule has 0 aliphatic carbocycles. The van der Waals surface area contributed by atoms with E-state index in [-0.39, 0.29) is 0 Å². The maximum absolute atomic E-state index is 5.88. The van der Waals surface area contributed by atoms with E-state index in [1.165, 1.54) is 0 Å². The molecule has 0 aliphatic heterocycles. The lowest BCUT2D eigenvalue weighted by Crippen LogP contribution is -1.95. The van der Waals surface area contributed by atoms with E-state index in [1.54, 1.807) is 36.5 Å². The summed E-state index contributed by atoms with van der Waals surface area (Å²) in [6.07, 6.45) is 1.63. The van der Waals surface area contributed by atoms with Crippen molar-refractivity contribution in [1.82, 2.24) is 4.98 Å². The van der Waals surface area contributed by atoms with E-state index in [1.807, 2.05) is 0 Å². The zero-order chi connectivity index (χ0) is 11.5. The van der Waals surface area contributed by atoms with Crippen molar-refractivity contribution >= 4 is 40.4 Å². The van der Waals surface area contributed by atoms with Crippen LogP contribution in [0.5, 0.6) is 0 Å². The largest absolute Gasteiger partial charge is 0.399 e. The van der Waals surface area contributed by atoms with Gasteiger partial charge in [0.1, 0.15) is 5.82 Å². The second kappa shape index (κ2) is 4.60. The van der Waals surface area contributed by atoms with Crippen LogP contribution in [-0.2, 0) is 0 Å². The van der Waals surface area contributed by atoms with E-state index in [2.05, 4.69) is 10.3 Å². The Morgan fingerprint density at radius 3 is 2.38 bits per heavy atom. The van der Waals surface area contributed by atoms with Gasteiger partial charge in [0.05, 0.1) is 0 Å². The molecule has 0 spiro atoms. The molecule has 0 aliphatic rings. The van der Waals surface area contributed by atoms with Gasteiger partial charge in [-0.25, -0.2) is 4.98 Å². The van der Waals surface area contributed by atoms with E-state index < -0.39 is 0 Å². The average Bonchev–Trinajstić information content (AvgIpc) is 2.15. The number of nitrogens with zero attached hydrogens (tertiary/aromatic N) is 1. The number of anilines is 3. The second-order valence-corrected chi connectivity index (χ2v) is 4.13. The number of nitrogen functional groups attached to an aromatic ring is 1. The molecule has 0 saturated carbocycles. The Labute approximate surface area is 103 Å². The van der Waals surface area contributed by atoms with Gasteiger partial charge in [0.25, 0.3) is 0 Å². The molecule has 16 heavy (non-hydrogen) atoms. The van der Waals surface area contributed by atoms with Gasteiger partial charge in [0, 0.05) is 33.7 Å². The van der Waals surface area contributed by atoms with Gasteiger partial charge in [-0.15, -0.1) is 0 Å². The van der Waals surface area contributed by atoms with Crippen LogP contribution < -0.4 is 11.1 Å². The number of benzene rings is 1. The Morgan fingerprint density at radius 2 is 1.75 bits per heavy atom. The van der Waals surface area contributed by atoms with Crippen LogP contribution in [0.2, 0.25) is 10.0 Å². The van der Waals surface area contributed by atoms with Gasteiger partial charge >= 0.3 is 0 Å². The van der Waals surface area contributed by atoms with Crippen molar-refractivity contribution in [2.24, 2.45) is 0 Å². The number of nitrogens with one attached hydrogen (secondary N) is 1. The molecule has 0 atom stereocenters. The molecule has 82 valence electrons. The number of rotatable bonds is 2. The first-order valence-corrected chi connectivity index (χ1v) is 5.34. The van der Waals surface area contributed by atoms with Crippen molar-refractivity contribution in [3.63, 3.8) is 0 Å². The molecule has 0 unspecified atom stereocenters. The molecule has 1 aromatic carbocycles. The Morgan fingerprint density at radius 1 is 1.06 bits per heavy atom. The Kier molecular flexibility index (Phi) is 3.17. The number of hydrogen-bond acceptors (Lipinski definition) is 3. The standard InChI is InChI=1S/C11H9Cl2N3/c12-7-3-8(13)5-10(4-7)16-11-6-9(14)1-2-15-11/h1-6H,(H3,14,15,16). The molecule has 2 rings (SSSR count). The minimum Gasteiger partial charge on any atom is -0.399 e. The van der Waals surface area contributed by atoms with E-state index in [0.29, 0.717) is 21.6 Å². The van der Waals surface area contributed by atoms with E-state index >= 15 is 0 Å². The van der Waals surface area contributed by atoms with Crippen molar-refractivity contribution in [3.8, 4) is 0 Å². The van der Waals surface area contributed by atoms with Gasteiger partial charge in [-0.2, -0.15) is 0 Å². The van der Waals surface area contributed by atoms with Crippen molar-refractivity contribution in [1.29, 1.82) is 0 Å². The van der Waals surface area contributed by atoms with Crippen molar-refractivity contribution in [3.05, 3.63) is 46.6 Å². The van der Waals surface area contributed by atoms with Crippen LogP contribution in [0.3, 0.4) is 0 Å². The zero-order valence-corrected chi connectivity index (χ0v) is 9.76. The number of aromatic nitrogens is 1. The molecule has 5 heteroatoms. The minimum absolute atomic E-state index is 0.568. The molecule has 3 N–H and O–H groups in total. The second-order valence-electron chi connectivity index (χ2n) is 3.26. The van der Waals surface area contributed by atoms with E-state index in [0.717, 1.165) is 5.69 Å². The molecule has 0 bridgehead atoms. The molecule has 0 saturated heterocycles. The molecular formula is C11H9Cl2N3. The third-order valence-electron chi connectivity index (χ3n) is 1.92. The SMILES string of the molecule is Nc1ccnc(Nc2cc(Cl)cc(Cl)c2)c1. The number of nitrogens with two attached hydrogens (primary N) is 1. The highest BCUT2D eigenvalue weighted by Gasteiger charge is 2.00. The summed E-state index contributed by atoms with van der Waals surface area (Å²) >= 11 is 11.8. The fourth-order valence-electron chi connectivity index (χ4n) is 1.29. The highest BCUT2D eigenvalue weighted by atomic mass is 35.5. The Balaban J connectivity index is 2.27. The van der Waals surface area contributed by atoms with Gasteiger partial charge in [0.2, 0.25) is 0 Å². The lowest BCUT2D eigenvalue weighted by Gasteiger charge is -2.06. The zero-order valence-electron chi connectivity index (χ0n) is 8.24. The topological polar surface area (TPSA) is 50.9 Å². The molecule has 0 radical (unpaired) electrons. The summed E-state index contributed by atoms with van der Waals surface area (Å²) in [4.78, 5) is 4.12. The van der Waals surface area contributed by atoms with Crippen LogP contribution in [0.15, 0.2) is 36.5 Å². The van der Waals surface area contributed by atoms with Crippen molar-refractivity contribution in [2.75, 3.05) is 11.1 Å². The summed E-state index contributed by atoms with van der Waals surface area (Å²) in [5.41, 5.74) is 7.06. The van der Waals surface area contributed by atoms with Crippen LogP contribution >= 0.6 is 23.2 Å². The predicted molar refractivity (Wildman–Crippen MR) is 68.4 cm³/mol. The van der Waals surface area contributed by atoms with Crippen LogP contribution in [0.1, 0.15) is 0 Å². The highest BCUT2D eigenvalue weighted by Crippen LogP contribution is 2.24. The molecule has 1 heterocycles. The van der Waals surface area contributed by atoms with Crippen molar-refractivity contribution in [2.45, 2.75) is 0 Å². The summed E-state index contributed by atoms with van der Waals surface area (Å²) in [5, 5.41) is 4.20. The van der Waals surface area contributed by atoms with Gasteiger partial charge < -0.3 is 11.1 Å². The van der Waals surface area contributed by atoms with Crippen LogP contribution in [-0.4, -0.2) is 4.98 Å². The summed E-state index contributed by atoms with van der Waals surface area (Å²) in [6, 6.07) is 8.64. The molecule has 0 amide bonds. The monoisotopic (exact) mass is 253 g/mol. The first-order valence-electron chi connectivity index (χ1n) is 4.58. The third-order valence-corrected chi connectivity index (χ3v) is 2.36. The van der Waals surface area contributed by atoms with Crippen LogP contribution in [0, 0.1) is 0 Å². The molecule has 1 aromatic heterocycles. The average molecular weight is 254 g/mol.